The molecule has 16 heavy (non-hydrogen) atoms. The number of rotatable bonds is 5. The molecule has 0 amide bonds. The van der Waals surface area contributed by atoms with Crippen molar-refractivity contribution in [2.24, 2.45) is 7.05 Å². The molecule has 0 aliphatic heterocycles. The quantitative estimate of drug-likeness (QED) is 0.869. The molecule has 3 nitrogen and oxygen atoms in total. The van der Waals surface area contributed by atoms with Crippen molar-refractivity contribution in [3.63, 3.8) is 0 Å². The van der Waals surface area contributed by atoms with Crippen molar-refractivity contribution in [2.75, 3.05) is 6.54 Å². The fraction of sp³-hybridized carbons (Fsp3) is 0.700. The summed E-state index contributed by atoms with van der Waals surface area (Å²) in [5.41, 5.74) is 1.31. The zero-order chi connectivity index (χ0) is 12.3. The Hall–Kier alpha value is -0.680. The Morgan fingerprint density at radius 3 is 2.50 bits per heavy atom. The molecule has 1 rings (SSSR count). The van der Waals surface area contributed by atoms with E-state index in [2.05, 4.69) is 10.4 Å². The van der Waals surface area contributed by atoms with E-state index < -0.39 is 12.5 Å². The lowest BCUT2D eigenvalue weighted by molar-refractivity contribution is 0.0982. The third kappa shape index (κ3) is 2.92. The summed E-state index contributed by atoms with van der Waals surface area (Å²) in [7, 11) is 1.71. The van der Waals surface area contributed by atoms with E-state index >= 15 is 0 Å². The van der Waals surface area contributed by atoms with Gasteiger partial charge in [-0.1, -0.05) is 18.5 Å². The van der Waals surface area contributed by atoms with E-state index in [1.54, 1.807) is 25.6 Å². The van der Waals surface area contributed by atoms with Gasteiger partial charge < -0.3 is 5.32 Å². The van der Waals surface area contributed by atoms with E-state index in [1.807, 2.05) is 0 Å². The van der Waals surface area contributed by atoms with Crippen LogP contribution in [0.4, 0.5) is 8.78 Å². The second-order valence-corrected chi connectivity index (χ2v) is 4.05. The van der Waals surface area contributed by atoms with Gasteiger partial charge in [-0.25, -0.2) is 8.78 Å². The second-order valence-electron chi connectivity index (χ2n) is 3.67. The van der Waals surface area contributed by atoms with Crippen LogP contribution in [0.1, 0.15) is 18.3 Å². The van der Waals surface area contributed by atoms with Crippen molar-refractivity contribution in [1.29, 1.82) is 0 Å². The Labute approximate surface area is 98.8 Å². The topological polar surface area (TPSA) is 29.9 Å². The minimum atomic E-state index is -2.41. The normalized spacial score (nSPS) is 13.4. The fourth-order valence-corrected chi connectivity index (χ4v) is 1.86. The molecule has 1 aromatic rings. The van der Waals surface area contributed by atoms with Crippen LogP contribution >= 0.6 is 11.6 Å². The highest BCUT2D eigenvalue weighted by Gasteiger charge is 2.23. The largest absolute Gasteiger partial charge is 0.309 e. The van der Waals surface area contributed by atoms with Crippen molar-refractivity contribution in [3.05, 3.63) is 16.4 Å². The molecule has 0 saturated heterocycles. The second kappa shape index (κ2) is 5.59. The van der Waals surface area contributed by atoms with Crippen LogP contribution in [0.15, 0.2) is 0 Å². The van der Waals surface area contributed by atoms with Gasteiger partial charge in [0, 0.05) is 13.5 Å². The molecule has 1 atom stereocenters. The molecule has 0 spiro atoms. The van der Waals surface area contributed by atoms with Crippen molar-refractivity contribution in [1.82, 2.24) is 15.1 Å². The van der Waals surface area contributed by atoms with Gasteiger partial charge in [-0.2, -0.15) is 5.10 Å². The molecule has 1 aromatic heterocycles. The van der Waals surface area contributed by atoms with Crippen LogP contribution in [0.2, 0.25) is 5.02 Å². The molecule has 0 saturated carbocycles. The Bertz CT molecular complexity index is 352. The van der Waals surface area contributed by atoms with Gasteiger partial charge in [-0.15, -0.1) is 0 Å². The van der Waals surface area contributed by atoms with Gasteiger partial charge in [0.15, 0.2) is 0 Å². The first-order chi connectivity index (χ1) is 7.47. The summed E-state index contributed by atoms with van der Waals surface area (Å²) >= 11 is 6.01. The predicted molar refractivity (Wildman–Crippen MR) is 60.1 cm³/mol. The van der Waals surface area contributed by atoms with E-state index in [-0.39, 0.29) is 6.42 Å². The number of aromatic nitrogens is 2. The molecular weight excluding hydrogens is 236 g/mol. The summed E-state index contributed by atoms with van der Waals surface area (Å²) in [6, 6.07) is -0.878. The molecule has 0 fully saturated rings. The first-order valence-corrected chi connectivity index (χ1v) is 5.54. The summed E-state index contributed by atoms with van der Waals surface area (Å²) in [6.45, 7) is 4.06. The van der Waals surface area contributed by atoms with Gasteiger partial charge in [0.25, 0.3) is 6.43 Å². The number of nitrogens with one attached hydrogen (secondary N) is 1. The summed E-state index contributed by atoms with van der Waals surface area (Å²) in [6.07, 6.45) is -2.23. The van der Waals surface area contributed by atoms with Gasteiger partial charge in [-0.3, -0.25) is 4.68 Å². The molecule has 6 heteroatoms. The smallest absolute Gasteiger partial charge is 0.254 e. The lowest BCUT2D eigenvalue weighted by Crippen LogP contribution is -2.37. The highest BCUT2D eigenvalue weighted by molar-refractivity contribution is 6.31. The van der Waals surface area contributed by atoms with E-state index in [0.29, 0.717) is 23.0 Å². The first-order valence-electron chi connectivity index (χ1n) is 5.16. The summed E-state index contributed by atoms with van der Waals surface area (Å²) in [5, 5.41) is 7.32. The zero-order valence-corrected chi connectivity index (χ0v) is 10.4. The molecule has 92 valence electrons. The molecular formula is C10H16ClF2N3. The van der Waals surface area contributed by atoms with Crippen molar-refractivity contribution in [2.45, 2.75) is 32.7 Å². The zero-order valence-electron chi connectivity index (χ0n) is 9.60. The number of hydrogen-bond donors (Lipinski definition) is 1. The van der Waals surface area contributed by atoms with Gasteiger partial charge >= 0.3 is 0 Å². The third-order valence-corrected chi connectivity index (χ3v) is 2.94. The monoisotopic (exact) mass is 251 g/mol. The molecule has 0 aliphatic rings. The molecule has 0 aliphatic carbocycles. The number of halogens is 3. The Morgan fingerprint density at radius 2 is 2.12 bits per heavy atom. The van der Waals surface area contributed by atoms with Gasteiger partial charge in [0.2, 0.25) is 0 Å². The number of alkyl halides is 2. The number of likely N-dealkylation sites (N-methyl/N-ethyl adjacent to an activating group) is 1. The van der Waals surface area contributed by atoms with Crippen LogP contribution in [0, 0.1) is 6.92 Å². The number of nitrogens with zero attached hydrogens (tertiary/aromatic N) is 2. The number of hydrogen-bond acceptors (Lipinski definition) is 2. The maximum atomic E-state index is 12.7. The standard InChI is InChI=1S/C10H16ClF2N3/c1-4-14-7(10(12)13)5-8-9(11)6(2)15-16(8)3/h7,10,14H,4-5H2,1-3H3. The van der Waals surface area contributed by atoms with Gasteiger partial charge in [0.1, 0.15) is 0 Å². The van der Waals surface area contributed by atoms with Gasteiger partial charge in [-0.05, 0) is 13.5 Å². The molecule has 0 radical (unpaired) electrons. The molecule has 0 bridgehead atoms. The minimum absolute atomic E-state index is 0.182. The molecule has 0 aromatic carbocycles. The van der Waals surface area contributed by atoms with Crippen molar-refractivity contribution < 1.29 is 8.78 Å². The Balaban J connectivity index is 2.84. The van der Waals surface area contributed by atoms with Crippen molar-refractivity contribution >= 4 is 11.6 Å². The maximum absolute atomic E-state index is 12.7. The van der Waals surface area contributed by atoms with Crippen LogP contribution in [0.3, 0.4) is 0 Å². The van der Waals surface area contributed by atoms with Crippen LogP contribution in [-0.2, 0) is 13.5 Å². The average molecular weight is 252 g/mol. The summed E-state index contributed by atoms with van der Waals surface area (Å²) in [5.74, 6) is 0. The third-order valence-electron chi connectivity index (χ3n) is 2.45. The van der Waals surface area contributed by atoms with Gasteiger partial charge in [0.05, 0.1) is 22.5 Å². The molecule has 1 heterocycles. The average Bonchev–Trinajstić information content (AvgIpc) is 2.43. The van der Waals surface area contributed by atoms with E-state index in [4.69, 9.17) is 11.6 Å². The summed E-state index contributed by atoms with van der Waals surface area (Å²) in [4.78, 5) is 0. The Kier molecular flexibility index (Phi) is 4.68. The SMILES string of the molecule is CCNC(Cc1c(Cl)c(C)nn1C)C(F)F. The molecule has 1 N–H and O–H groups in total. The van der Waals surface area contributed by atoms with Crippen LogP contribution in [0.25, 0.3) is 0 Å². The number of aryl methyl sites for hydroxylation is 2. The minimum Gasteiger partial charge on any atom is -0.309 e. The Morgan fingerprint density at radius 1 is 1.50 bits per heavy atom. The lowest BCUT2D eigenvalue weighted by atomic mass is 10.1. The fourth-order valence-electron chi connectivity index (χ4n) is 1.62. The first kappa shape index (κ1) is 13.4. The van der Waals surface area contributed by atoms with E-state index in [0.717, 1.165) is 0 Å². The van der Waals surface area contributed by atoms with E-state index in [1.165, 1.54) is 0 Å². The molecule has 1 unspecified atom stereocenters. The summed E-state index contributed by atoms with van der Waals surface area (Å²) < 4.78 is 27.0. The van der Waals surface area contributed by atoms with Crippen LogP contribution in [0.5, 0.6) is 0 Å². The predicted octanol–water partition coefficient (Wildman–Crippen LogP) is 2.17. The maximum Gasteiger partial charge on any atom is 0.254 e. The highest BCUT2D eigenvalue weighted by Crippen LogP contribution is 2.22. The lowest BCUT2D eigenvalue weighted by Gasteiger charge is -2.16. The van der Waals surface area contributed by atoms with Crippen LogP contribution < -0.4 is 5.32 Å². The van der Waals surface area contributed by atoms with Crippen molar-refractivity contribution in [3.8, 4) is 0 Å². The highest BCUT2D eigenvalue weighted by atomic mass is 35.5. The van der Waals surface area contributed by atoms with E-state index in [9.17, 15) is 8.78 Å². The van der Waals surface area contributed by atoms with Crippen LogP contribution in [-0.4, -0.2) is 28.8 Å².